The maximum Gasteiger partial charge on any atom is 0.344 e. The second-order valence-corrected chi connectivity index (χ2v) is 8.84. The third kappa shape index (κ3) is 2.68. The fourth-order valence-corrected chi connectivity index (χ4v) is 5.50. The molecule has 0 saturated heterocycles. The van der Waals surface area contributed by atoms with Crippen LogP contribution >= 0.6 is 0 Å². The van der Waals surface area contributed by atoms with Crippen molar-refractivity contribution in [2.24, 2.45) is 0 Å². The summed E-state index contributed by atoms with van der Waals surface area (Å²) in [7, 11) is 0. The van der Waals surface area contributed by atoms with Crippen molar-refractivity contribution in [3.63, 3.8) is 0 Å². The fraction of sp³-hybridized carbons (Fsp3) is 0.143. The van der Waals surface area contributed by atoms with Gasteiger partial charge in [-0.25, -0.2) is 9.59 Å². The van der Waals surface area contributed by atoms with E-state index in [9.17, 15) is 9.59 Å². The van der Waals surface area contributed by atoms with Crippen LogP contribution in [0.4, 0.5) is 0 Å². The van der Waals surface area contributed by atoms with Gasteiger partial charge in [-0.15, -0.1) is 0 Å². The average Bonchev–Trinajstić information content (AvgIpc) is 3.51. The first-order chi connectivity index (χ1) is 16.7. The highest BCUT2D eigenvalue weighted by Crippen LogP contribution is 2.47. The first-order valence-electron chi connectivity index (χ1n) is 11.4. The second kappa shape index (κ2) is 7.09. The number of ether oxygens (including phenoxy) is 2. The number of aromatic amines is 1. The number of hydrogen-bond acceptors (Lipinski definition) is 5. The molecule has 0 saturated carbocycles. The van der Waals surface area contributed by atoms with Gasteiger partial charge in [0.25, 0.3) is 0 Å². The highest BCUT2D eigenvalue weighted by Gasteiger charge is 2.43. The summed E-state index contributed by atoms with van der Waals surface area (Å²) >= 11 is 0. The molecular weight excluding hydrogens is 428 g/mol. The molecule has 166 valence electrons. The molecule has 3 aromatic carbocycles. The van der Waals surface area contributed by atoms with Crippen LogP contribution in [0.2, 0.25) is 0 Å². The van der Waals surface area contributed by atoms with Crippen LogP contribution in [-0.4, -0.2) is 28.4 Å². The number of nitrogens with one attached hydrogen (secondary N) is 1. The molecule has 4 aromatic rings. The quantitative estimate of drug-likeness (QED) is 0.430. The normalized spacial score (nSPS) is 21.9. The fourth-order valence-electron chi connectivity index (χ4n) is 5.50. The van der Waals surface area contributed by atoms with Crippen LogP contribution in [0.3, 0.4) is 0 Å². The van der Waals surface area contributed by atoms with E-state index in [1.807, 2.05) is 60.8 Å². The highest BCUT2D eigenvalue weighted by molar-refractivity contribution is 6.02. The molecule has 1 N–H and O–H groups in total. The molecule has 0 aliphatic carbocycles. The number of benzene rings is 3. The lowest BCUT2D eigenvalue weighted by Gasteiger charge is -2.38. The van der Waals surface area contributed by atoms with Crippen molar-refractivity contribution in [1.29, 1.82) is 0 Å². The van der Waals surface area contributed by atoms with E-state index in [1.165, 1.54) is 10.9 Å². The number of para-hydroxylation sites is 1. The second-order valence-electron chi connectivity index (χ2n) is 8.84. The lowest BCUT2D eigenvalue weighted by molar-refractivity contribution is 0.0126. The van der Waals surface area contributed by atoms with Gasteiger partial charge >= 0.3 is 11.9 Å². The van der Waals surface area contributed by atoms with Crippen LogP contribution in [0, 0.1) is 0 Å². The Morgan fingerprint density at radius 3 is 2.47 bits per heavy atom. The van der Waals surface area contributed by atoms with E-state index in [2.05, 4.69) is 22.0 Å². The monoisotopic (exact) mass is 448 g/mol. The van der Waals surface area contributed by atoms with Crippen molar-refractivity contribution in [1.82, 2.24) is 9.88 Å². The van der Waals surface area contributed by atoms with Gasteiger partial charge in [-0.1, -0.05) is 54.6 Å². The molecule has 34 heavy (non-hydrogen) atoms. The van der Waals surface area contributed by atoms with Gasteiger partial charge in [0, 0.05) is 40.5 Å². The van der Waals surface area contributed by atoms with Crippen molar-refractivity contribution in [2.45, 2.75) is 18.6 Å². The Kier molecular flexibility index (Phi) is 4.00. The third-order valence-corrected chi connectivity index (χ3v) is 7.03. The summed E-state index contributed by atoms with van der Waals surface area (Å²) in [6, 6.07) is 22.9. The number of aromatic nitrogens is 1. The van der Waals surface area contributed by atoms with Crippen molar-refractivity contribution in [2.75, 3.05) is 6.54 Å². The maximum absolute atomic E-state index is 12.7. The summed E-state index contributed by atoms with van der Waals surface area (Å²) in [6.45, 7) is 0.693. The van der Waals surface area contributed by atoms with Gasteiger partial charge in [-0.2, -0.15) is 0 Å². The molecule has 4 heterocycles. The molecule has 0 radical (unpaired) electrons. The van der Waals surface area contributed by atoms with Crippen LogP contribution < -0.4 is 0 Å². The molecule has 0 fully saturated rings. The third-order valence-electron chi connectivity index (χ3n) is 7.03. The van der Waals surface area contributed by atoms with Gasteiger partial charge in [0.15, 0.2) is 11.9 Å². The number of esters is 2. The van der Waals surface area contributed by atoms with Crippen LogP contribution in [0.15, 0.2) is 79.0 Å². The Hall–Kier alpha value is -4.32. The summed E-state index contributed by atoms with van der Waals surface area (Å²) in [4.78, 5) is 30.9. The Bertz CT molecular complexity index is 1530. The van der Waals surface area contributed by atoms with E-state index in [1.54, 1.807) is 6.07 Å². The molecule has 3 aliphatic heterocycles. The Morgan fingerprint density at radius 1 is 0.853 bits per heavy atom. The molecule has 0 unspecified atom stereocenters. The molecule has 7 rings (SSSR count). The van der Waals surface area contributed by atoms with Crippen LogP contribution in [0.5, 0.6) is 0 Å². The van der Waals surface area contributed by atoms with Crippen LogP contribution in [0.25, 0.3) is 16.7 Å². The van der Waals surface area contributed by atoms with E-state index >= 15 is 0 Å². The molecule has 6 nitrogen and oxygen atoms in total. The van der Waals surface area contributed by atoms with E-state index in [0.717, 1.165) is 28.8 Å². The molecule has 3 aliphatic rings. The molecular formula is C28H20N2O4. The molecule has 0 amide bonds. The lowest BCUT2D eigenvalue weighted by atomic mass is 9.90. The van der Waals surface area contributed by atoms with Gasteiger partial charge in [-0.05, 0) is 30.2 Å². The Morgan fingerprint density at radius 2 is 1.59 bits per heavy atom. The molecule has 2 atom stereocenters. The zero-order valence-corrected chi connectivity index (χ0v) is 18.2. The standard InChI is InChI=1S/C28H20N2O4/c31-27-20-10-3-1-8-17(20)23(33-27)15-30-14-13-18-16-7-5-6-12-22(16)29-24(18)25(30)26-19-9-2-4-11-21(19)28(32)34-26/h1-12,15,25-26,29H,13-14H2/b23-15-/t25-,26+/m1/s1. The predicted molar refractivity (Wildman–Crippen MR) is 126 cm³/mol. The SMILES string of the molecule is O=C1O/C(=C\N2CCc3c([nH]c4ccccc34)[C@@H]2[C@H]2OC(=O)c3ccccc32)c2ccccc21. The number of nitrogens with zero attached hydrogens (tertiary/aromatic N) is 1. The topological polar surface area (TPSA) is 71.6 Å². The smallest absolute Gasteiger partial charge is 0.344 e. The largest absolute Gasteiger partial charge is 0.451 e. The number of cyclic esters (lactones) is 2. The minimum absolute atomic E-state index is 0.289. The summed E-state index contributed by atoms with van der Waals surface area (Å²) in [5.74, 6) is -0.142. The Labute approximate surface area is 195 Å². The highest BCUT2D eigenvalue weighted by atomic mass is 16.6. The van der Waals surface area contributed by atoms with E-state index in [4.69, 9.17) is 9.47 Å². The van der Waals surface area contributed by atoms with Crippen molar-refractivity contribution >= 4 is 28.6 Å². The van der Waals surface area contributed by atoms with Crippen LogP contribution in [-0.2, 0) is 15.9 Å². The minimum atomic E-state index is -0.486. The zero-order valence-electron chi connectivity index (χ0n) is 18.2. The molecule has 6 heteroatoms. The number of carbonyl (C=O) groups is 2. The lowest BCUT2D eigenvalue weighted by Crippen LogP contribution is -2.35. The van der Waals surface area contributed by atoms with Gasteiger partial charge in [0.1, 0.15) is 6.04 Å². The van der Waals surface area contributed by atoms with E-state index in [-0.39, 0.29) is 18.0 Å². The molecule has 0 spiro atoms. The van der Waals surface area contributed by atoms with Crippen LogP contribution in [0.1, 0.15) is 55.2 Å². The zero-order chi connectivity index (χ0) is 22.8. The predicted octanol–water partition coefficient (Wildman–Crippen LogP) is 5.15. The molecule has 0 bridgehead atoms. The number of H-pyrrole nitrogens is 1. The minimum Gasteiger partial charge on any atom is -0.451 e. The maximum atomic E-state index is 12.7. The summed E-state index contributed by atoms with van der Waals surface area (Å²) in [5.41, 5.74) is 6.12. The van der Waals surface area contributed by atoms with Gasteiger partial charge in [-0.3, -0.25) is 0 Å². The number of hydrogen-bond donors (Lipinski definition) is 1. The molecule has 1 aromatic heterocycles. The first-order valence-corrected chi connectivity index (χ1v) is 11.4. The van der Waals surface area contributed by atoms with Gasteiger partial charge < -0.3 is 19.4 Å². The van der Waals surface area contributed by atoms with E-state index < -0.39 is 6.10 Å². The summed E-state index contributed by atoms with van der Waals surface area (Å²) in [6.07, 6.45) is 2.23. The first kappa shape index (κ1) is 19.2. The Balaban J connectivity index is 1.40. The summed E-state index contributed by atoms with van der Waals surface area (Å²) in [5, 5.41) is 1.19. The number of rotatable bonds is 2. The number of carbonyl (C=O) groups excluding carboxylic acids is 2. The van der Waals surface area contributed by atoms with Crippen molar-refractivity contribution in [3.05, 3.63) is 113 Å². The average molecular weight is 448 g/mol. The summed E-state index contributed by atoms with van der Waals surface area (Å²) < 4.78 is 11.6. The number of fused-ring (bicyclic) bond motifs is 5. The van der Waals surface area contributed by atoms with Crippen molar-refractivity contribution in [3.8, 4) is 0 Å². The van der Waals surface area contributed by atoms with E-state index in [0.29, 0.717) is 23.4 Å². The van der Waals surface area contributed by atoms with Gasteiger partial charge in [0.05, 0.1) is 11.1 Å². The van der Waals surface area contributed by atoms with Gasteiger partial charge in [0.2, 0.25) is 0 Å². The van der Waals surface area contributed by atoms with Crippen molar-refractivity contribution < 1.29 is 19.1 Å².